The van der Waals surface area contributed by atoms with Crippen LogP contribution in [0.3, 0.4) is 0 Å². The molecular weight excluding hydrogens is 540 g/mol. The highest BCUT2D eigenvalue weighted by Crippen LogP contribution is 2.37. The summed E-state index contributed by atoms with van der Waals surface area (Å²) in [5.74, 6) is -0.244. The van der Waals surface area contributed by atoms with Gasteiger partial charge in [0.1, 0.15) is 17.2 Å². The molecule has 208 valence electrons. The van der Waals surface area contributed by atoms with Crippen molar-refractivity contribution < 1.29 is 24.2 Å². The van der Waals surface area contributed by atoms with E-state index in [-0.39, 0.29) is 17.5 Å². The number of nitrogens with one attached hydrogen (secondary N) is 2. The van der Waals surface area contributed by atoms with E-state index in [9.17, 15) is 14.7 Å². The number of aromatic amines is 1. The van der Waals surface area contributed by atoms with E-state index < -0.39 is 11.9 Å². The summed E-state index contributed by atoms with van der Waals surface area (Å²) < 4.78 is 11.0. The summed E-state index contributed by atoms with van der Waals surface area (Å²) in [7, 11) is 1.55. The van der Waals surface area contributed by atoms with Gasteiger partial charge in [0.25, 0.3) is 5.91 Å². The number of carboxylic acid groups (broad SMARTS) is 1. The molecule has 0 atom stereocenters. The molecule has 41 heavy (non-hydrogen) atoms. The normalized spacial score (nSPS) is 11.0. The predicted molar refractivity (Wildman–Crippen MR) is 162 cm³/mol. The Kier molecular flexibility index (Phi) is 7.99. The lowest BCUT2D eigenvalue weighted by molar-refractivity contribution is 0.0692. The van der Waals surface area contributed by atoms with Crippen LogP contribution in [-0.2, 0) is 6.42 Å². The van der Waals surface area contributed by atoms with Gasteiger partial charge < -0.3 is 24.9 Å². The molecule has 8 heteroatoms. The first-order valence-electron chi connectivity index (χ1n) is 13.1. The monoisotopic (exact) mass is 568 g/mol. The third-order valence-corrected chi connectivity index (χ3v) is 6.86. The predicted octanol–water partition coefficient (Wildman–Crippen LogP) is 7.83. The van der Waals surface area contributed by atoms with Crippen molar-refractivity contribution in [2.45, 2.75) is 26.4 Å². The van der Waals surface area contributed by atoms with E-state index in [1.807, 2.05) is 68.4 Å². The molecule has 0 spiro atoms. The lowest BCUT2D eigenvalue weighted by atomic mass is 9.95. The molecule has 0 saturated carbocycles. The zero-order valence-corrected chi connectivity index (χ0v) is 23.6. The van der Waals surface area contributed by atoms with Crippen molar-refractivity contribution in [2.75, 3.05) is 12.4 Å². The Bertz CT molecular complexity index is 1720. The van der Waals surface area contributed by atoms with E-state index >= 15 is 0 Å². The van der Waals surface area contributed by atoms with Crippen molar-refractivity contribution in [3.63, 3.8) is 0 Å². The number of carboxylic acids is 1. The van der Waals surface area contributed by atoms with E-state index in [4.69, 9.17) is 21.1 Å². The first kappa shape index (κ1) is 27.8. The molecule has 0 bridgehead atoms. The number of H-pyrrole nitrogens is 1. The largest absolute Gasteiger partial charge is 0.497 e. The molecule has 5 rings (SSSR count). The van der Waals surface area contributed by atoms with E-state index in [1.54, 1.807) is 37.4 Å². The van der Waals surface area contributed by atoms with E-state index in [2.05, 4.69) is 10.3 Å². The molecule has 3 N–H and O–H groups in total. The number of aromatic carboxylic acids is 1. The van der Waals surface area contributed by atoms with Crippen LogP contribution in [0.1, 0.15) is 45.8 Å². The van der Waals surface area contributed by atoms with Gasteiger partial charge in [-0.25, -0.2) is 4.79 Å². The minimum absolute atomic E-state index is 0.0569. The fraction of sp³-hybridized carbons (Fsp3) is 0.152. The summed E-state index contributed by atoms with van der Waals surface area (Å²) in [6.07, 6.45) is 0.517. The van der Waals surface area contributed by atoms with Crippen molar-refractivity contribution in [3.8, 4) is 22.6 Å². The Morgan fingerprint density at radius 2 is 1.63 bits per heavy atom. The third-order valence-electron chi connectivity index (χ3n) is 6.63. The maximum Gasteiger partial charge on any atom is 0.354 e. The molecule has 0 aliphatic carbocycles. The molecule has 0 radical (unpaired) electrons. The zero-order valence-electron chi connectivity index (χ0n) is 22.8. The second-order valence-corrected chi connectivity index (χ2v) is 10.4. The van der Waals surface area contributed by atoms with Gasteiger partial charge in [0.05, 0.1) is 18.9 Å². The molecule has 0 saturated heterocycles. The SMILES string of the molecule is COc1ccc(C(=O)Nc2c(C(=O)O)[nH]c3cc(-c4ccc(OC(C)C)cc4)cc(Cc4cccc(Cl)c4)c23)cc1. The van der Waals surface area contributed by atoms with Crippen LogP contribution in [0.15, 0.2) is 84.9 Å². The fourth-order valence-electron chi connectivity index (χ4n) is 4.80. The molecule has 0 aliphatic heterocycles. The highest BCUT2D eigenvalue weighted by Gasteiger charge is 2.23. The smallest absolute Gasteiger partial charge is 0.354 e. The first-order chi connectivity index (χ1) is 19.7. The summed E-state index contributed by atoms with van der Waals surface area (Å²) in [5.41, 5.74) is 4.66. The van der Waals surface area contributed by atoms with Gasteiger partial charge in [0, 0.05) is 21.5 Å². The van der Waals surface area contributed by atoms with Gasteiger partial charge in [0.2, 0.25) is 0 Å². The quantitative estimate of drug-likeness (QED) is 0.168. The van der Waals surface area contributed by atoms with Crippen molar-refractivity contribution in [3.05, 3.63) is 112 Å². The number of hydrogen-bond acceptors (Lipinski definition) is 4. The van der Waals surface area contributed by atoms with E-state index in [1.165, 1.54) is 0 Å². The van der Waals surface area contributed by atoms with Crippen molar-refractivity contribution in [1.82, 2.24) is 4.98 Å². The van der Waals surface area contributed by atoms with Crippen molar-refractivity contribution >= 4 is 40.1 Å². The third kappa shape index (κ3) is 6.21. The number of hydrogen-bond donors (Lipinski definition) is 3. The lowest BCUT2D eigenvalue weighted by Gasteiger charge is -2.13. The number of fused-ring (bicyclic) bond motifs is 1. The van der Waals surface area contributed by atoms with Crippen LogP contribution in [0.25, 0.3) is 22.0 Å². The van der Waals surface area contributed by atoms with E-state index in [0.29, 0.717) is 33.7 Å². The summed E-state index contributed by atoms with van der Waals surface area (Å²) in [5, 5.41) is 14.2. The zero-order chi connectivity index (χ0) is 29.1. The molecule has 0 fully saturated rings. The number of aromatic nitrogens is 1. The number of benzene rings is 4. The first-order valence-corrected chi connectivity index (χ1v) is 13.5. The topological polar surface area (TPSA) is 101 Å². The Morgan fingerprint density at radius 1 is 0.927 bits per heavy atom. The van der Waals surface area contributed by atoms with Gasteiger partial charge in [-0.1, -0.05) is 35.9 Å². The van der Waals surface area contributed by atoms with Gasteiger partial charge in [-0.2, -0.15) is 0 Å². The molecule has 7 nitrogen and oxygen atoms in total. The maximum atomic E-state index is 13.3. The fourth-order valence-corrected chi connectivity index (χ4v) is 5.02. The van der Waals surface area contributed by atoms with Gasteiger partial charge in [-0.3, -0.25) is 4.79 Å². The number of anilines is 1. The Balaban J connectivity index is 1.64. The van der Waals surface area contributed by atoms with Crippen LogP contribution in [0.4, 0.5) is 5.69 Å². The number of methoxy groups -OCH3 is 1. The number of carbonyl (C=O) groups excluding carboxylic acids is 1. The van der Waals surface area contributed by atoms with Crippen LogP contribution in [-0.4, -0.2) is 35.2 Å². The summed E-state index contributed by atoms with van der Waals surface area (Å²) in [6, 6.07) is 25.8. The minimum Gasteiger partial charge on any atom is -0.497 e. The Morgan fingerprint density at radius 3 is 2.27 bits per heavy atom. The molecule has 1 heterocycles. The standard InChI is InChI=1S/C33H29ClN2O5/c1-19(2)41-27-13-7-21(8-14-27)23-17-24(15-20-5-4-6-25(34)16-20)29-28(18-23)35-31(33(38)39)30(29)36-32(37)22-9-11-26(40-3)12-10-22/h4-14,16-19,35H,15H2,1-3H3,(H,36,37)(H,38,39). The summed E-state index contributed by atoms with van der Waals surface area (Å²) in [4.78, 5) is 28.6. The number of carbonyl (C=O) groups is 2. The number of halogens is 1. The van der Waals surface area contributed by atoms with Gasteiger partial charge in [-0.15, -0.1) is 0 Å². The number of amides is 1. The minimum atomic E-state index is -1.18. The molecular formula is C33H29ClN2O5. The molecule has 0 unspecified atom stereocenters. The number of ether oxygens (including phenoxy) is 2. The lowest BCUT2D eigenvalue weighted by Crippen LogP contribution is -2.14. The molecule has 5 aromatic rings. The van der Waals surface area contributed by atoms with Crippen LogP contribution in [0, 0.1) is 0 Å². The van der Waals surface area contributed by atoms with Gasteiger partial charge in [0.15, 0.2) is 0 Å². The molecule has 4 aromatic carbocycles. The summed E-state index contributed by atoms with van der Waals surface area (Å²) >= 11 is 6.28. The highest BCUT2D eigenvalue weighted by atomic mass is 35.5. The maximum absolute atomic E-state index is 13.3. The Labute approximate surface area is 242 Å². The van der Waals surface area contributed by atoms with Crippen LogP contribution in [0.2, 0.25) is 5.02 Å². The highest BCUT2D eigenvalue weighted by molar-refractivity contribution is 6.30. The molecule has 1 amide bonds. The van der Waals surface area contributed by atoms with Crippen molar-refractivity contribution in [2.24, 2.45) is 0 Å². The van der Waals surface area contributed by atoms with Crippen LogP contribution in [0.5, 0.6) is 11.5 Å². The number of rotatable bonds is 9. The van der Waals surface area contributed by atoms with Gasteiger partial charge in [-0.05, 0) is 103 Å². The van der Waals surface area contributed by atoms with Gasteiger partial charge >= 0.3 is 5.97 Å². The second kappa shape index (κ2) is 11.8. The van der Waals surface area contributed by atoms with E-state index in [0.717, 1.165) is 28.0 Å². The molecule has 0 aliphatic rings. The Hall–Kier alpha value is -4.75. The van der Waals surface area contributed by atoms with Crippen LogP contribution < -0.4 is 14.8 Å². The average Bonchev–Trinajstić information content (AvgIpc) is 3.32. The van der Waals surface area contributed by atoms with Crippen molar-refractivity contribution in [1.29, 1.82) is 0 Å². The summed E-state index contributed by atoms with van der Waals surface area (Å²) in [6.45, 7) is 3.94. The van der Waals surface area contributed by atoms with Crippen LogP contribution >= 0.6 is 11.6 Å². The molecule has 1 aromatic heterocycles. The second-order valence-electron chi connectivity index (χ2n) is 9.92. The average molecular weight is 569 g/mol.